The molecular weight excluding hydrogens is 108 g/mol. The van der Waals surface area contributed by atoms with Crippen LogP contribution in [0.2, 0.25) is 0 Å². The second-order valence-corrected chi connectivity index (χ2v) is 3.49. The summed E-state index contributed by atoms with van der Waals surface area (Å²) in [6, 6.07) is 0. The highest BCUT2D eigenvalue weighted by Crippen LogP contribution is 2.46. The van der Waals surface area contributed by atoms with E-state index < -0.39 is 0 Å². The maximum absolute atomic E-state index is 2.47. The zero-order valence-electron chi connectivity index (χ0n) is 6.06. The van der Waals surface area contributed by atoms with Gasteiger partial charge in [-0.05, 0) is 37.5 Å². The number of rotatable bonds is 1. The van der Waals surface area contributed by atoms with Crippen molar-refractivity contribution >= 4 is 0 Å². The Morgan fingerprint density at radius 2 is 2.33 bits per heavy atom. The predicted molar refractivity (Wildman–Crippen MR) is 39.2 cm³/mol. The minimum absolute atomic E-state index is 1.02. The summed E-state index contributed by atoms with van der Waals surface area (Å²) >= 11 is 0. The molecule has 0 amide bonds. The Balaban J connectivity index is 1.98. The summed E-state index contributed by atoms with van der Waals surface area (Å²) < 4.78 is 0. The standard InChI is InChI=1S/C9H14/c1-7-6-9(7)8-4-2-3-5-8/h4,7,9H,2-3,5-6H2,1H3. The van der Waals surface area contributed by atoms with Gasteiger partial charge in [-0.2, -0.15) is 0 Å². The maximum atomic E-state index is 2.47. The average molecular weight is 122 g/mol. The largest absolute Gasteiger partial charge is 0.0850 e. The highest BCUT2D eigenvalue weighted by atomic mass is 14.4. The Bertz CT molecular complexity index is 144. The third-order valence-electron chi connectivity index (χ3n) is 2.66. The number of allylic oxidation sites excluding steroid dienone is 2. The van der Waals surface area contributed by atoms with Crippen molar-refractivity contribution in [3.8, 4) is 0 Å². The van der Waals surface area contributed by atoms with Gasteiger partial charge in [0.2, 0.25) is 0 Å². The van der Waals surface area contributed by atoms with Gasteiger partial charge in [0.05, 0.1) is 0 Å². The summed E-state index contributed by atoms with van der Waals surface area (Å²) in [5.74, 6) is 2.04. The van der Waals surface area contributed by atoms with Crippen molar-refractivity contribution in [1.29, 1.82) is 0 Å². The fraction of sp³-hybridized carbons (Fsp3) is 0.778. The molecule has 9 heavy (non-hydrogen) atoms. The first-order valence-electron chi connectivity index (χ1n) is 4.07. The van der Waals surface area contributed by atoms with E-state index in [4.69, 9.17) is 0 Å². The molecule has 2 aliphatic carbocycles. The van der Waals surface area contributed by atoms with Gasteiger partial charge >= 0.3 is 0 Å². The first-order valence-corrected chi connectivity index (χ1v) is 4.07. The summed E-state index contributed by atoms with van der Waals surface area (Å²) in [4.78, 5) is 0. The summed E-state index contributed by atoms with van der Waals surface area (Å²) in [6.07, 6.45) is 8.14. The van der Waals surface area contributed by atoms with Crippen molar-refractivity contribution in [2.45, 2.75) is 32.6 Å². The van der Waals surface area contributed by atoms with E-state index in [2.05, 4.69) is 13.0 Å². The van der Waals surface area contributed by atoms with Crippen LogP contribution in [0, 0.1) is 11.8 Å². The van der Waals surface area contributed by atoms with Gasteiger partial charge in [-0.3, -0.25) is 0 Å². The lowest BCUT2D eigenvalue weighted by Gasteiger charge is -1.94. The zero-order valence-corrected chi connectivity index (χ0v) is 6.06. The van der Waals surface area contributed by atoms with E-state index in [1.54, 1.807) is 5.57 Å². The average Bonchev–Trinajstić information content (AvgIpc) is 2.44. The topological polar surface area (TPSA) is 0 Å². The van der Waals surface area contributed by atoms with E-state index >= 15 is 0 Å². The van der Waals surface area contributed by atoms with Crippen molar-refractivity contribution in [1.82, 2.24) is 0 Å². The Kier molecular flexibility index (Phi) is 1.14. The molecule has 0 N–H and O–H groups in total. The zero-order chi connectivity index (χ0) is 6.27. The molecule has 0 aromatic carbocycles. The molecule has 0 heteroatoms. The molecule has 50 valence electrons. The molecule has 0 saturated heterocycles. The van der Waals surface area contributed by atoms with Crippen LogP contribution >= 0.6 is 0 Å². The molecule has 0 bridgehead atoms. The summed E-state index contributed by atoms with van der Waals surface area (Å²) in [6.45, 7) is 2.36. The number of hydrogen-bond acceptors (Lipinski definition) is 0. The lowest BCUT2D eigenvalue weighted by atomic mass is 10.1. The Morgan fingerprint density at radius 1 is 1.56 bits per heavy atom. The number of hydrogen-bond donors (Lipinski definition) is 0. The lowest BCUT2D eigenvalue weighted by molar-refractivity contribution is 0.799. The van der Waals surface area contributed by atoms with Crippen LogP contribution in [-0.4, -0.2) is 0 Å². The van der Waals surface area contributed by atoms with Gasteiger partial charge in [-0.25, -0.2) is 0 Å². The third-order valence-corrected chi connectivity index (χ3v) is 2.66. The van der Waals surface area contributed by atoms with Crippen molar-refractivity contribution in [2.75, 3.05) is 0 Å². The fourth-order valence-corrected chi connectivity index (χ4v) is 1.87. The monoisotopic (exact) mass is 122 g/mol. The normalized spacial score (nSPS) is 40.8. The van der Waals surface area contributed by atoms with Crippen molar-refractivity contribution in [2.24, 2.45) is 11.8 Å². The van der Waals surface area contributed by atoms with E-state index in [0.29, 0.717) is 0 Å². The van der Waals surface area contributed by atoms with Crippen LogP contribution in [0.3, 0.4) is 0 Å². The molecule has 0 aromatic rings. The van der Waals surface area contributed by atoms with E-state index in [0.717, 1.165) is 11.8 Å². The molecule has 2 unspecified atom stereocenters. The van der Waals surface area contributed by atoms with Gasteiger partial charge < -0.3 is 0 Å². The molecule has 1 fully saturated rings. The van der Waals surface area contributed by atoms with Crippen LogP contribution in [0.15, 0.2) is 11.6 Å². The minimum atomic E-state index is 1.02. The SMILES string of the molecule is CC1CC1C1=CCCC1. The van der Waals surface area contributed by atoms with E-state index in [1.807, 2.05) is 0 Å². The molecule has 0 aliphatic heterocycles. The second kappa shape index (κ2) is 1.86. The molecule has 1 saturated carbocycles. The molecular formula is C9H14. The minimum Gasteiger partial charge on any atom is -0.0850 e. The van der Waals surface area contributed by atoms with Gasteiger partial charge in [-0.1, -0.05) is 18.6 Å². The van der Waals surface area contributed by atoms with E-state index in [9.17, 15) is 0 Å². The lowest BCUT2D eigenvalue weighted by Crippen LogP contribution is -1.81. The quantitative estimate of drug-likeness (QED) is 0.469. The van der Waals surface area contributed by atoms with E-state index in [1.165, 1.54) is 25.7 Å². The first-order chi connectivity index (χ1) is 4.38. The molecule has 2 rings (SSSR count). The third kappa shape index (κ3) is 0.910. The molecule has 0 spiro atoms. The van der Waals surface area contributed by atoms with Crippen LogP contribution < -0.4 is 0 Å². The Morgan fingerprint density at radius 3 is 2.78 bits per heavy atom. The van der Waals surface area contributed by atoms with Gasteiger partial charge in [0.25, 0.3) is 0 Å². The van der Waals surface area contributed by atoms with Crippen LogP contribution in [0.25, 0.3) is 0 Å². The van der Waals surface area contributed by atoms with Gasteiger partial charge in [0.1, 0.15) is 0 Å². The van der Waals surface area contributed by atoms with Gasteiger partial charge in [-0.15, -0.1) is 0 Å². The second-order valence-electron chi connectivity index (χ2n) is 3.49. The van der Waals surface area contributed by atoms with Crippen LogP contribution in [-0.2, 0) is 0 Å². The van der Waals surface area contributed by atoms with E-state index in [-0.39, 0.29) is 0 Å². The summed E-state index contributed by atoms with van der Waals surface area (Å²) in [5.41, 5.74) is 1.78. The highest BCUT2D eigenvalue weighted by molar-refractivity contribution is 5.18. The molecule has 2 atom stereocenters. The van der Waals surface area contributed by atoms with Gasteiger partial charge in [0.15, 0.2) is 0 Å². The van der Waals surface area contributed by atoms with Crippen molar-refractivity contribution in [3.63, 3.8) is 0 Å². The molecule has 0 nitrogen and oxygen atoms in total. The van der Waals surface area contributed by atoms with Crippen molar-refractivity contribution in [3.05, 3.63) is 11.6 Å². The molecule has 2 aliphatic rings. The highest BCUT2D eigenvalue weighted by Gasteiger charge is 2.35. The molecule has 0 aromatic heterocycles. The Labute approximate surface area is 57.0 Å². The van der Waals surface area contributed by atoms with Crippen molar-refractivity contribution < 1.29 is 0 Å². The predicted octanol–water partition coefficient (Wildman–Crippen LogP) is 2.75. The smallest absolute Gasteiger partial charge is 0.0175 e. The van der Waals surface area contributed by atoms with Gasteiger partial charge in [0, 0.05) is 0 Å². The van der Waals surface area contributed by atoms with Crippen LogP contribution in [0.5, 0.6) is 0 Å². The Hall–Kier alpha value is -0.260. The molecule has 0 radical (unpaired) electrons. The van der Waals surface area contributed by atoms with Crippen LogP contribution in [0.1, 0.15) is 32.6 Å². The summed E-state index contributed by atoms with van der Waals surface area (Å²) in [7, 11) is 0. The van der Waals surface area contributed by atoms with Crippen LogP contribution in [0.4, 0.5) is 0 Å². The first kappa shape index (κ1) is 5.52. The summed E-state index contributed by atoms with van der Waals surface area (Å²) in [5, 5.41) is 0. The fourth-order valence-electron chi connectivity index (χ4n) is 1.87. The molecule has 0 heterocycles. The maximum Gasteiger partial charge on any atom is -0.0175 e.